The first-order valence-corrected chi connectivity index (χ1v) is 6.96. The van der Waals surface area contributed by atoms with Crippen LogP contribution in [-0.2, 0) is 9.53 Å². The highest BCUT2D eigenvalue weighted by Gasteiger charge is 2.24. The highest BCUT2D eigenvalue weighted by atomic mass is 35.5. The van der Waals surface area contributed by atoms with Gasteiger partial charge in [-0.1, -0.05) is 11.6 Å². The summed E-state index contributed by atoms with van der Waals surface area (Å²) in [5.74, 6) is -0.160. The molecule has 0 aliphatic rings. The Morgan fingerprint density at radius 1 is 1.57 bits per heavy atom. The van der Waals surface area contributed by atoms with Crippen LogP contribution < -0.4 is 4.90 Å². The van der Waals surface area contributed by atoms with Crippen molar-refractivity contribution in [3.8, 4) is 5.69 Å². The Labute approximate surface area is 128 Å². The molecule has 21 heavy (non-hydrogen) atoms. The molecule has 2 aromatic heterocycles. The highest BCUT2D eigenvalue weighted by molar-refractivity contribution is 6.32. The molecule has 0 saturated carbocycles. The Kier molecular flexibility index (Phi) is 4.93. The third kappa shape index (κ3) is 3.22. The van der Waals surface area contributed by atoms with Crippen LogP contribution in [0.2, 0.25) is 5.15 Å². The van der Waals surface area contributed by atoms with Crippen molar-refractivity contribution in [2.75, 3.05) is 18.6 Å². The molecule has 0 aliphatic carbocycles. The van der Waals surface area contributed by atoms with Crippen molar-refractivity contribution in [1.82, 2.24) is 14.8 Å². The van der Waals surface area contributed by atoms with Gasteiger partial charge in [-0.15, -0.1) is 0 Å². The molecule has 7 heteroatoms. The lowest BCUT2D eigenvalue weighted by molar-refractivity contribution is -0.127. The van der Waals surface area contributed by atoms with E-state index in [0.717, 1.165) is 5.69 Å². The average Bonchev–Trinajstić information content (AvgIpc) is 2.90. The molecular weight excluding hydrogens is 292 g/mol. The van der Waals surface area contributed by atoms with Gasteiger partial charge in [0.25, 0.3) is 5.91 Å². The fourth-order valence-corrected chi connectivity index (χ4v) is 2.14. The Balaban J connectivity index is 2.35. The van der Waals surface area contributed by atoms with Gasteiger partial charge in [0.2, 0.25) is 0 Å². The summed E-state index contributed by atoms with van der Waals surface area (Å²) in [5, 5.41) is 4.49. The lowest BCUT2D eigenvalue weighted by atomic mass is 10.3. The molecule has 2 rings (SSSR count). The summed E-state index contributed by atoms with van der Waals surface area (Å²) in [6.45, 7) is 4.05. The maximum Gasteiger partial charge on any atom is 0.255 e. The third-order valence-electron chi connectivity index (χ3n) is 3.14. The number of anilines is 1. The Morgan fingerprint density at radius 3 is 2.90 bits per heavy atom. The maximum atomic E-state index is 12.3. The number of nitrogens with zero attached hydrogens (tertiary/aromatic N) is 4. The van der Waals surface area contributed by atoms with Gasteiger partial charge in [0.05, 0.1) is 18.1 Å². The van der Waals surface area contributed by atoms with Gasteiger partial charge in [-0.05, 0) is 26.0 Å². The van der Waals surface area contributed by atoms with Crippen LogP contribution in [0.25, 0.3) is 5.69 Å². The molecule has 112 valence electrons. The number of likely N-dealkylation sites (N-methyl/N-ethyl adjacent to an activating group) is 1. The van der Waals surface area contributed by atoms with Gasteiger partial charge in [-0.25, -0.2) is 4.68 Å². The number of rotatable bonds is 5. The largest absolute Gasteiger partial charge is 0.372 e. The second kappa shape index (κ2) is 6.69. The predicted octanol–water partition coefficient (Wildman–Crippen LogP) is 2.31. The minimum absolute atomic E-state index is 0.160. The van der Waals surface area contributed by atoms with Gasteiger partial charge in [0.15, 0.2) is 5.15 Å². The Bertz CT molecular complexity index is 615. The van der Waals surface area contributed by atoms with Gasteiger partial charge < -0.3 is 9.64 Å². The summed E-state index contributed by atoms with van der Waals surface area (Å²) in [7, 11) is 1.50. The average molecular weight is 309 g/mol. The standard InChI is InChI=1S/C14H17ClN4O2/c1-4-18(14(20)10(2)21-3)12-9-19(17-13(12)15)11-6-5-7-16-8-11/h5-10H,4H2,1-3H3. The van der Waals surface area contributed by atoms with Crippen molar-refractivity contribution in [3.63, 3.8) is 0 Å². The van der Waals surface area contributed by atoms with Crippen LogP contribution in [-0.4, -0.2) is 40.4 Å². The van der Waals surface area contributed by atoms with E-state index in [2.05, 4.69) is 10.1 Å². The second-order valence-electron chi connectivity index (χ2n) is 4.42. The smallest absolute Gasteiger partial charge is 0.255 e. The van der Waals surface area contributed by atoms with E-state index in [4.69, 9.17) is 16.3 Å². The predicted molar refractivity (Wildman–Crippen MR) is 80.9 cm³/mol. The summed E-state index contributed by atoms with van der Waals surface area (Å²) >= 11 is 6.17. The van der Waals surface area contributed by atoms with Crippen LogP contribution >= 0.6 is 11.6 Å². The fraction of sp³-hybridized carbons (Fsp3) is 0.357. The zero-order chi connectivity index (χ0) is 15.4. The molecular formula is C14H17ClN4O2. The van der Waals surface area contributed by atoms with E-state index >= 15 is 0 Å². The highest BCUT2D eigenvalue weighted by Crippen LogP contribution is 2.26. The molecule has 1 atom stereocenters. The first-order valence-electron chi connectivity index (χ1n) is 6.58. The first-order chi connectivity index (χ1) is 10.1. The monoisotopic (exact) mass is 308 g/mol. The topological polar surface area (TPSA) is 60.2 Å². The maximum absolute atomic E-state index is 12.3. The molecule has 0 aromatic carbocycles. The van der Waals surface area contributed by atoms with Crippen LogP contribution in [0.1, 0.15) is 13.8 Å². The minimum Gasteiger partial charge on any atom is -0.372 e. The fourth-order valence-electron chi connectivity index (χ4n) is 1.91. The zero-order valence-corrected chi connectivity index (χ0v) is 12.9. The zero-order valence-electron chi connectivity index (χ0n) is 12.2. The van der Waals surface area contributed by atoms with Gasteiger partial charge in [0, 0.05) is 19.9 Å². The summed E-state index contributed by atoms with van der Waals surface area (Å²) in [6, 6.07) is 3.66. The van der Waals surface area contributed by atoms with Crippen LogP contribution in [0.5, 0.6) is 0 Å². The molecule has 6 nitrogen and oxygen atoms in total. The minimum atomic E-state index is -0.539. The molecule has 0 spiro atoms. The third-order valence-corrected chi connectivity index (χ3v) is 3.41. The number of aromatic nitrogens is 3. The Morgan fingerprint density at radius 2 is 2.33 bits per heavy atom. The number of amides is 1. The summed E-state index contributed by atoms with van der Waals surface area (Å²) in [6.07, 6.45) is 4.52. The van der Waals surface area contributed by atoms with Gasteiger partial charge in [0.1, 0.15) is 11.8 Å². The lowest BCUT2D eigenvalue weighted by Gasteiger charge is -2.22. The number of hydrogen-bond donors (Lipinski definition) is 0. The normalized spacial score (nSPS) is 12.2. The van der Waals surface area contributed by atoms with E-state index < -0.39 is 6.10 Å². The summed E-state index contributed by atoms with van der Waals surface area (Å²) in [5.41, 5.74) is 1.32. The van der Waals surface area contributed by atoms with Crippen molar-refractivity contribution in [2.24, 2.45) is 0 Å². The number of methoxy groups -OCH3 is 1. The van der Waals surface area contributed by atoms with Crippen LogP contribution in [0.4, 0.5) is 5.69 Å². The lowest BCUT2D eigenvalue weighted by Crippen LogP contribution is -2.38. The van der Waals surface area contributed by atoms with E-state index in [9.17, 15) is 4.79 Å². The van der Waals surface area contributed by atoms with Crippen molar-refractivity contribution in [2.45, 2.75) is 20.0 Å². The number of carbonyl (C=O) groups excluding carboxylic acids is 1. The number of halogens is 1. The van der Waals surface area contributed by atoms with E-state index in [-0.39, 0.29) is 11.1 Å². The quantitative estimate of drug-likeness (QED) is 0.850. The van der Waals surface area contributed by atoms with Gasteiger partial charge >= 0.3 is 0 Å². The Hall–Kier alpha value is -1.92. The van der Waals surface area contributed by atoms with Crippen molar-refractivity contribution >= 4 is 23.2 Å². The molecule has 1 unspecified atom stereocenters. The summed E-state index contributed by atoms with van der Waals surface area (Å²) in [4.78, 5) is 17.9. The van der Waals surface area contributed by atoms with Crippen molar-refractivity contribution < 1.29 is 9.53 Å². The number of ether oxygens (including phenoxy) is 1. The first kappa shape index (κ1) is 15.5. The number of pyridine rings is 1. The molecule has 0 N–H and O–H groups in total. The molecule has 0 aliphatic heterocycles. The molecule has 0 saturated heterocycles. The second-order valence-corrected chi connectivity index (χ2v) is 4.78. The molecule has 2 heterocycles. The van der Waals surface area contributed by atoms with Crippen molar-refractivity contribution in [3.05, 3.63) is 35.9 Å². The molecule has 0 bridgehead atoms. The molecule has 0 fully saturated rings. The SMILES string of the molecule is CCN(C(=O)C(C)OC)c1cn(-c2cccnc2)nc1Cl. The molecule has 0 radical (unpaired) electrons. The number of carbonyl (C=O) groups is 1. The summed E-state index contributed by atoms with van der Waals surface area (Å²) < 4.78 is 6.67. The van der Waals surface area contributed by atoms with Gasteiger partial charge in [-0.3, -0.25) is 9.78 Å². The van der Waals surface area contributed by atoms with E-state index in [1.54, 1.807) is 41.2 Å². The van der Waals surface area contributed by atoms with Gasteiger partial charge in [-0.2, -0.15) is 5.10 Å². The van der Waals surface area contributed by atoms with E-state index in [1.165, 1.54) is 7.11 Å². The van der Waals surface area contributed by atoms with Crippen LogP contribution in [0.15, 0.2) is 30.7 Å². The number of hydrogen-bond acceptors (Lipinski definition) is 4. The van der Waals surface area contributed by atoms with E-state index in [0.29, 0.717) is 12.2 Å². The van der Waals surface area contributed by atoms with E-state index in [1.807, 2.05) is 13.0 Å². The van der Waals surface area contributed by atoms with Crippen LogP contribution in [0, 0.1) is 0 Å². The van der Waals surface area contributed by atoms with Crippen molar-refractivity contribution in [1.29, 1.82) is 0 Å². The molecule has 2 aromatic rings. The molecule has 1 amide bonds. The van der Waals surface area contributed by atoms with Crippen LogP contribution in [0.3, 0.4) is 0 Å².